The Hall–Kier alpha value is -0.410. The molecule has 2 unspecified atom stereocenters. The second kappa shape index (κ2) is 6.36. The molecule has 1 nitrogen and oxygen atoms in total. The Balaban J connectivity index is 2.62. The first-order chi connectivity index (χ1) is 7.54. The molecule has 2 N–H and O–H groups in total. The van der Waals surface area contributed by atoms with Gasteiger partial charge in [0.15, 0.2) is 0 Å². The summed E-state index contributed by atoms with van der Waals surface area (Å²) < 4.78 is 13.6. The quantitative estimate of drug-likeness (QED) is 0.874. The maximum Gasteiger partial charge on any atom is 0.137 e. The molecule has 0 aliphatic rings. The van der Waals surface area contributed by atoms with Gasteiger partial charge in [-0.05, 0) is 52.4 Å². The van der Waals surface area contributed by atoms with Crippen molar-refractivity contribution in [3.05, 3.63) is 34.1 Å². The molecule has 90 valence electrons. The molecule has 1 rings (SSSR count). The molecule has 16 heavy (non-hydrogen) atoms. The maximum absolute atomic E-state index is 13.0. The van der Waals surface area contributed by atoms with E-state index in [1.165, 1.54) is 6.07 Å². The van der Waals surface area contributed by atoms with Crippen LogP contribution in [0.5, 0.6) is 0 Å². The van der Waals surface area contributed by atoms with Gasteiger partial charge in [-0.25, -0.2) is 4.39 Å². The fraction of sp³-hybridized carbons (Fsp3) is 0.538. The summed E-state index contributed by atoms with van der Waals surface area (Å²) >= 11 is 3.19. The van der Waals surface area contributed by atoms with E-state index in [2.05, 4.69) is 29.8 Å². The Morgan fingerprint density at radius 3 is 2.69 bits per heavy atom. The average Bonchev–Trinajstić information content (AvgIpc) is 2.24. The highest BCUT2D eigenvalue weighted by Crippen LogP contribution is 2.19. The first-order valence-corrected chi connectivity index (χ1v) is 6.53. The van der Waals surface area contributed by atoms with Crippen LogP contribution in [0.4, 0.5) is 4.39 Å². The summed E-state index contributed by atoms with van der Waals surface area (Å²) in [6.45, 7) is 4.34. The summed E-state index contributed by atoms with van der Waals surface area (Å²) in [6, 6.07) is 5.25. The van der Waals surface area contributed by atoms with Gasteiger partial charge < -0.3 is 5.73 Å². The SMILES string of the molecule is CCCC(C)C(N)Cc1ccc(F)c(Br)c1. The highest BCUT2D eigenvalue weighted by atomic mass is 79.9. The predicted molar refractivity (Wildman–Crippen MR) is 69.9 cm³/mol. The average molecular weight is 288 g/mol. The van der Waals surface area contributed by atoms with E-state index >= 15 is 0 Å². The number of hydrogen-bond donors (Lipinski definition) is 1. The molecule has 1 aromatic rings. The monoisotopic (exact) mass is 287 g/mol. The standard InChI is InChI=1S/C13H19BrFN/c1-3-4-9(2)13(16)8-10-5-6-12(15)11(14)7-10/h5-7,9,13H,3-4,8,16H2,1-2H3. The third-order valence-electron chi connectivity index (χ3n) is 2.93. The minimum absolute atomic E-state index is 0.150. The van der Waals surface area contributed by atoms with Crippen molar-refractivity contribution in [2.45, 2.75) is 39.2 Å². The van der Waals surface area contributed by atoms with Gasteiger partial charge >= 0.3 is 0 Å². The third-order valence-corrected chi connectivity index (χ3v) is 3.54. The van der Waals surface area contributed by atoms with E-state index in [1.54, 1.807) is 6.07 Å². The zero-order valence-electron chi connectivity index (χ0n) is 9.84. The smallest absolute Gasteiger partial charge is 0.137 e. The van der Waals surface area contributed by atoms with Gasteiger partial charge in [-0.1, -0.05) is 26.3 Å². The number of halogens is 2. The molecule has 0 fully saturated rings. The second-order valence-electron chi connectivity index (χ2n) is 4.38. The van der Waals surface area contributed by atoms with Gasteiger partial charge in [-0.2, -0.15) is 0 Å². The number of hydrogen-bond acceptors (Lipinski definition) is 1. The summed E-state index contributed by atoms with van der Waals surface area (Å²) in [4.78, 5) is 0. The Labute approximate surface area is 105 Å². The number of nitrogens with two attached hydrogens (primary N) is 1. The molecule has 0 heterocycles. The van der Waals surface area contributed by atoms with Gasteiger partial charge in [0.2, 0.25) is 0 Å². The zero-order valence-corrected chi connectivity index (χ0v) is 11.4. The van der Waals surface area contributed by atoms with E-state index < -0.39 is 0 Å². The van der Waals surface area contributed by atoms with Crippen molar-refractivity contribution in [2.24, 2.45) is 11.7 Å². The lowest BCUT2D eigenvalue weighted by Crippen LogP contribution is -2.30. The lowest BCUT2D eigenvalue weighted by molar-refractivity contribution is 0.419. The molecule has 0 aromatic heterocycles. The Morgan fingerprint density at radius 2 is 2.12 bits per heavy atom. The van der Waals surface area contributed by atoms with Gasteiger partial charge in [-0.15, -0.1) is 0 Å². The molecular weight excluding hydrogens is 269 g/mol. The molecule has 0 radical (unpaired) electrons. The zero-order chi connectivity index (χ0) is 12.1. The highest BCUT2D eigenvalue weighted by Gasteiger charge is 2.13. The third kappa shape index (κ3) is 3.87. The molecule has 0 aliphatic heterocycles. The van der Waals surface area contributed by atoms with Gasteiger partial charge in [0.05, 0.1) is 4.47 Å². The molecule has 2 atom stereocenters. The summed E-state index contributed by atoms with van der Waals surface area (Å²) in [5.74, 6) is 0.285. The Bertz CT molecular complexity index is 341. The van der Waals surface area contributed by atoms with Crippen molar-refractivity contribution in [1.29, 1.82) is 0 Å². The first-order valence-electron chi connectivity index (χ1n) is 5.74. The minimum atomic E-state index is -0.223. The van der Waals surface area contributed by atoms with Gasteiger partial charge in [0, 0.05) is 6.04 Å². The largest absolute Gasteiger partial charge is 0.327 e. The van der Waals surface area contributed by atoms with E-state index in [-0.39, 0.29) is 11.9 Å². The van der Waals surface area contributed by atoms with Crippen molar-refractivity contribution in [3.8, 4) is 0 Å². The van der Waals surface area contributed by atoms with Crippen LogP contribution in [0.15, 0.2) is 22.7 Å². The molecule has 3 heteroatoms. The van der Waals surface area contributed by atoms with Crippen LogP contribution in [0.3, 0.4) is 0 Å². The topological polar surface area (TPSA) is 26.0 Å². The molecule has 0 saturated heterocycles. The van der Waals surface area contributed by atoms with Gasteiger partial charge in [-0.3, -0.25) is 0 Å². The normalized spacial score (nSPS) is 14.8. The van der Waals surface area contributed by atoms with Crippen LogP contribution in [0.1, 0.15) is 32.3 Å². The van der Waals surface area contributed by atoms with Crippen molar-refractivity contribution >= 4 is 15.9 Å². The summed E-state index contributed by atoms with van der Waals surface area (Å²) in [6.07, 6.45) is 3.10. The Kier molecular flexibility index (Phi) is 5.42. The fourth-order valence-electron chi connectivity index (χ4n) is 1.81. The number of benzene rings is 1. The summed E-state index contributed by atoms with van der Waals surface area (Å²) in [7, 11) is 0. The summed E-state index contributed by atoms with van der Waals surface area (Å²) in [5, 5.41) is 0. The van der Waals surface area contributed by atoms with Gasteiger partial charge in [0.1, 0.15) is 5.82 Å². The molecule has 1 aromatic carbocycles. The molecule has 0 bridgehead atoms. The van der Waals surface area contributed by atoms with Crippen LogP contribution in [-0.2, 0) is 6.42 Å². The second-order valence-corrected chi connectivity index (χ2v) is 5.24. The number of rotatable bonds is 5. The van der Waals surface area contributed by atoms with E-state index in [0.29, 0.717) is 10.4 Å². The Morgan fingerprint density at radius 1 is 1.44 bits per heavy atom. The van der Waals surface area contributed by atoms with Crippen LogP contribution in [0.25, 0.3) is 0 Å². The fourth-order valence-corrected chi connectivity index (χ4v) is 2.24. The molecule has 0 aliphatic carbocycles. The molecular formula is C13H19BrFN. The summed E-state index contributed by atoms with van der Waals surface area (Å²) in [5.41, 5.74) is 7.20. The molecule has 0 saturated carbocycles. The maximum atomic E-state index is 13.0. The van der Waals surface area contributed by atoms with E-state index in [4.69, 9.17) is 5.73 Å². The van der Waals surface area contributed by atoms with Gasteiger partial charge in [0.25, 0.3) is 0 Å². The predicted octanol–water partition coefficient (Wildman–Crippen LogP) is 3.89. The van der Waals surface area contributed by atoms with Crippen LogP contribution in [0, 0.1) is 11.7 Å². The first kappa shape index (κ1) is 13.7. The lowest BCUT2D eigenvalue weighted by atomic mass is 9.92. The van der Waals surface area contributed by atoms with Crippen LogP contribution < -0.4 is 5.73 Å². The van der Waals surface area contributed by atoms with Crippen molar-refractivity contribution < 1.29 is 4.39 Å². The highest BCUT2D eigenvalue weighted by molar-refractivity contribution is 9.10. The van der Waals surface area contributed by atoms with Crippen molar-refractivity contribution in [1.82, 2.24) is 0 Å². The van der Waals surface area contributed by atoms with E-state index in [1.807, 2.05) is 6.07 Å². The molecule has 0 spiro atoms. The molecule has 0 amide bonds. The van der Waals surface area contributed by atoms with Crippen LogP contribution >= 0.6 is 15.9 Å². The van der Waals surface area contributed by atoms with Crippen LogP contribution in [0.2, 0.25) is 0 Å². The van der Waals surface area contributed by atoms with Crippen LogP contribution in [-0.4, -0.2) is 6.04 Å². The minimum Gasteiger partial charge on any atom is -0.327 e. The van der Waals surface area contributed by atoms with E-state index in [0.717, 1.165) is 24.8 Å². The van der Waals surface area contributed by atoms with Crippen molar-refractivity contribution in [3.63, 3.8) is 0 Å². The van der Waals surface area contributed by atoms with Crippen molar-refractivity contribution in [2.75, 3.05) is 0 Å². The van der Waals surface area contributed by atoms with E-state index in [9.17, 15) is 4.39 Å². The lowest BCUT2D eigenvalue weighted by Gasteiger charge is -2.19.